The van der Waals surface area contributed by atoms with Gasteiger partial charge in [-0.1, -0.05) is 0 Å². The van der Waals surface area contributed by atoms with Crippen molar-refractivity contribution in [1.82, 2.24) is 15.1 Å². The van der Waals surface area contributed by atoms with Crippen molar-refractivity contribution in [3.63, 3.8) is 0 Å². The van der Waals surface area contributed by atoms with Crippen LogP contribution in [0.25, 0.3) is 0 Å². The molecule has 2 unspecified atom stereocenters. The number of ether oxygens (including phenoxy) is 1. The van der Waals surface area contributed by atoms with Crippen molar-refractivity contribution in [3.8, 4) is 0 Å². The van der Waals surface area contributed by atoms with Crippen LogP contribution in [0.5, 0.6) is 0 Å². The first-order chi connectivity index (χ1) is 8.53. The smallest absolute Gasteiger partial charge is 0.0703 e. The summed E-state index contributed by atoms with van der Waals surface area (Å²) in [5, 5.41) is 3.31. The number of hydrogen-bond acceptors (Lipinski definition) is 4. The van der Waals surface area contributed by atoms with Crippen molar-refractivity contribution in [1.29, 1.82) is 0 Å². The number of piperazine rings is 1. The monoisotopic (exact) mass is 255 g/mol. The molecule has 106 valence electrons. The highest BCUT2D eigenvalue weighted by Gasteiger charge is 2.38. The normalized spacial score (nSPS) is 34.0. The third-order valence-corrected chi connectivity index (χ3v) is 4.43. The number of nitrogens with zero attached hydrogens (tertiary/aromatic N) is 2. The Balaban J connectivity index is 1.96. The van der Waals surface area contributed by atoms with Crippen molar-refractivity contribution >= 4 is 0 Å². The maximum absolute atomic E-state index is 5.80. The summed E-state index contributed by atoms with van der Waals surface area (Å²) in [6.07, 6.45) is 2.93. The van der Waals surface area contributed by atoms with E-state index in [1.165, 1.54) is 12.8 Å². The minimum Gasteiger partial charge on any atom is -0.377 e. The first kappa shape index (κ1) is 14.3. The predicted octanol–water partition coefficient (Wildman–Crippen LogP) is 0.779. The zero-order valence-corrected chi connectivity index (χ0v) is 12.4. The van der Waals surface area contributed by atoms with Crippen molar-refractivity contribution in [3.05, 3.63) is 0 Å². The predicted molar refractivity (Wildman–Crippen MR) is 75.0 cm³/mol. The standard InChI is InChI=1S/C14H29N3O/c1-14(2)11-16(4)12(8-15-3)9-17(14)10-13-6-5-7-18-13/h12-13,15H,5-11H2,1-4H3. The van der Waals surface area contributed by atoms with Gasteiger partial charge < -0.3 is 10.1 Å². The minimum atomic E-state index is 0.255. The van der Waals surface area contributed by atoms with Crippen LogP contribution in [0, 0.1) is 0 Å². The molecule has 0 radical (unpaired) electrons. The van der Waals surface area contributed by atoms with Crippen LogP contribution in [0.15, 0.2) is 0 Å². The average molecular weight is 255 g/mol. The van der Waals surface area contributed by atoms with Crippen LogP contribution in [-0.4, -0.2) is 74.4 Å². The topological polar surface area (TPSA) is 27.7 Å². The maximum Gasteiger partial charge on any atom is 0.0703 e. The lowest BCUT2D eigenvalue weighted by atomic mass is 9.95. The molecule has 1 N–H and O–H groups in total. The Morgan fingerprint density at radius 3 is 2.78 bits per heavy atom. The van der Waals surface area contributed by atoms with E-state index < -0.39 is 0 Å². The molecule has 2 aliphatic rings. The van der Waals surface area contributed by atoms with Gasteiger partial charge >= 0.3 is 0 Å². The van der Waals surface area contributed by atoms with E-state index in [1.54, 1.807) is 0 Å². The Morgan fingerprint density at radius 2 is 2.17 bits per heavy atom. The summed E-state index contributed by atoms with van der Waals surface area (Å²) in [5.41, 5.74) is 0.255. The van der Waals surface area contributed by atoms with Crippen molar-refractivity contribution in [2.75, 3.05) is 46.9 Å². The Kier molecular flexibility index (Phi) is 4.64. The highest BCUT2D eigenvalue weighted by molar-refractivity contribution is 4.95. The largest absolute Gasteiger partial charge is 0.377 e. The van der Waals surface area contributed by atoms with E-state index in [0.717, 1.165) is 32.8 Å². The molecule has 2 rings (SSSR count). The molecule has 18 heavy (non-hydrogen) atoms. The second kappa shape index (κ2) is 5.87. The van der Waals surface area contributed by atoms with Crippen LogP contribution >= 0.6 is 0 Å². The molecule has 0 aliphatic carbocycles. The Bertz CT molecular complexity index is 264. The zero-order valence-electron chi connectivity index (χ0n) is 12.4. The van der Waals surface area contributed by atoms with E-state index in [4.69, 9.17) is 4.74 Å². The number of rotatable bonds is 4. The summed E-state index contributed by atoms with van der Waals surface area (Å²) in [6.45, 7) is 10.1. The van der Waals surface area contributed by atoms with Gasteiger partial charge in [-0.2, -0.15) is 0 Å². The molecule has 2 aliphatic heterocycles. The van der Waals surface area contributed by atoms with Crippen molar-refractivity contribution < 1.29 is 4.74 Å². The third kappa shape index (κ3) is 3.23. The van der Waals surface area contributed by atoms with Crippen molar-refractivity contribution in [2.24, 2.45) is 0 Å². The van der Waals surface area contributed by atoms with Gasteiger partial charge in [0.15, 0.2) is 0 Å². The van der Waals surface area contributed by atoms with Crippen LogP contribution in [-0.2, 0) is 4.74 Å². The van der Waals surface area contributed by atoms with Gasteiger partial charge in [-0.25, -0.2) is 0 Å². The first-order valence-electron chi connectivity index (χ1n) is 7.24. The lowest BCUT2D eigenvalue weighted by molar-refractivity contribution is -0.0335. The molecule has 0 aromatic rings. The van der Waals surface area contributed by atoms with Gasteiger partial charge in [0.2, 0.25) is 0 Å². The Hall–Kier alpha value is -0.160. The van der Waals surface area contributed by atoms with E-state index in [1.807, 2.05) is 7.05 Å². The number of hydrogen-bond donors (Lipinski definition) is 1. The van der Waals surface area contributed by atoms with E-state index >= 15 is 0 Å². The second-order valence-corrected chi connectivity index (χ2v) is 6.48. The lowest BCUT2D eigenvalue weighted by Crippen LogP contribution is -2.64. The van der Waals surface area contributed by atoms with Gasteiger partial charge in [0.25, 0.3) is 0 Å². The molecule has 2 heterocycles. The SMILES string of the molecule is CNCC1CN(CC2CCCO2)C(C)(C)CN1C. The molecule has 0 spiro atoms. The van der Waals surface area contributed by atoms with Crippen LogP contribution in [0.3, 0.4) is 0 Å². The molecule has 2 fully saturated rings. The molecule has 0 amide bonds. The second-order valence-electron chi connectivity index (χ2n) is 6.48. The molecular weight excluding hydrogens is 226 g/mol. The highest BCUT2D eigenvalue weighted by Crippen LogP contribution is 2.25. The van der Waals surface area contributed by atoms with E-state index in [2.05, 4.69) is 36.0 Å². The van der Waals surface area contributed by atoms with Crippen LogP contribution in [0.2, 0.25) is 0 Å². The zero-order chi connectivity index (χ0) is 13.2. The molecule has 4 heteroatoms. The molecule has 2 atom stereocenters. The number of likely N-dealkylation sites (N-methyl/N-ethyl adjacent to an activating group) is 2. The van der Waals surface area contributed by atoms with Gasteiger partial charge in [0.1, 0.15) is 0 Å². The summed E-state index contributed by atoms with van der Waals surface area (Å²) >= 11 is 0. The molecule has 0 saturated carbocycles. The third-order valence-electron chi connectivity index (χ3n) is 4.43. The fourth-order valence-electron chi connectivity index (χ4n) is 3.29. The molecule has 0 aromatic heterocycles. The van der Waals surface area contributed by atoms with Gasteiger partial charge in [0, 0.05) is 44.4 Å². The molecular formula is C14H29N3O. The fourth-order valence-corrected chi connectivity index (χ4v) is 3.29. The van der Waals surface area contributed by atoms with Gasteiger partial charge in [-0.3, -0.25) is 9.80 Å². The Labute approximate surface area is 112 Å². The van der Waals surface area contributed by atoms with Crippen LogP contribution in [0.4, 0.5) is 0 Å². The molecule has 4 nitrogen and oxygen atoms in total. The van der Waals surface area contributed by atoms with Gasteiger partial charge in [-0.15, -0.1) is 0 Å². The highest BCUT2D eigenvalue weighted by atomic mass is 16.5. The summed E-state index contributed by atoms with van der Waals surface area (Å²) < 4.78 is 5.80. The fraction of sp³-hybridized carbons (Fsp3) is 1.00. The maximum atomic E-state index is 5.80. The summed E-state index contributed by atoms with van der Waals surface area (Å²) in [6, 6.07) is 0.615. The van der Waals surface area contributed by atoms with Gasteiger partial charge in [-0.05, 0) is 40.8 Å². The van der Waals surface area contributed by atoms with Crippen LogP contribution in [0.1, 0.15) is 26.7 Å². The number of nitrogens with one attached hydrogen (secondary N) is 1. The van der Waals surface area contributed by atoms with E-state index in [9.17, 15) is 0 Å². The quantitative estimate of drug-likeness (QED) is 0.803. The first-order valence-corrected chi connectivity index (χ1v) is 7.24. The van der Waals surface area contributed by atoms with Gasteiger partial charge in [0.05, 0.1) is 6.10 Å². The Morgan fingerprint density at radius 1 is 1.39 bits per heavy atom. The van der Waals surface area contributed by atoms with Crippen LogP contribution < -0.4 is 5.32 Å². The average Bonchev–Trinajstić information content (AvgIpc) is 2.77. The summed E-state index contributed by atoms with van der Waals surface area (Å²) in [7, 11) is 4.28. The summed E-state index contributed by atoms with van der Waals surface area (Å²) in [4.78, 5) is 5.12. The van der Waals surface area contributed by atoms with E-state index in [-0.39, 0.29) is 5.54 Å². The van der Waals surface area contributed by atoms with E-state index in [0.29, 0.717) is 12.1 Å². The minimum absolute atomic E-state index is 0.255. The molecule has 0 aromatic carbocycles. The summed E-state index contributed by atoms with van der Waals surface area (Å²) in [5.74, 6) is 0. The lowest BCUT2D eigenvalue weighted by Gasteiger charge is -2.50. The molecule has 0 bridgehead atoms. The molecule has 2 saturated heterocycles. The van der Waals surface area contributed by atoms with Crippen molar-refractivity contribution in [2.45, 2.75) is 44.4 Å².